The average molecular weight is 295 g/mol. The second-order valence-electron chi connectivity index (χ2n) is 5.77. The van der Waals surface area contributed by atoms with Gasteiger partial charge in [0.05, 0.1) is 0 Å². The van der Waals surface area contributed by atoms with Crippen molar-refractivity contribution < 1.29 is 4.79 Å². The van der Waals surface area contributed by atoms with Crippen molar-refractivity contribution >= 4 is 23.0 Å². The summed E-state index contributed by atoms with van der Waals surface area (Å²) in [6, 6.07) is 13.4. The molecule has 0 aromatic heterocycles. The van der Waals surface area contributed by atoms with Crippen LogP contribution in [-0.4, -0.2) is 19.0 Å². The van der Waals surface area contributed by atoms with E-state index < -0.39 is 0 Å². The summed E-state index contributed by atoms with van der Waals surface area (Å²) in [6.45, 7) is 4.16. The number of nitrogens with two attached hydrogens (primary N) is 1. The Morgan fingerprint density at radius 2 is 1.77 bits per heavy atom. The minimum atomic E-state index is -0.138. The molecule has 1 fully saturated rings. The Morgan fingerprint density at radius 1 is 1.09 bits per heavy atom. The maximum atomic E-state index is 12.2. The molecule has 4 heteroatoms. The average Bonchev–Trinajstić information content (AvgIpc) is 3.05. The van der Waals surface area contributed by atoms with Gasteiger partial charge in [0.1, 0.15) is 0 Å². The van der Waals surface area contributed by atoms with E-state index in [1.807, 2.05) is 25.1 Å². The molecule has 2 aromatic carbocycles. The first-order valence-corrected chi connectivity index (χ1v) is 7.66. The molecule has 3 N–H and O–H groups in total. The lowest BCUT2D eigenvalue weighted by atomic mass is 10.1. The molecule has 114 valence electrons. The summed E-state index contributed by atoms with van der Waals surface area (Å²) in [6.07, 6.45) is 2.51. The van der Waals surface area contributed by atoms with Crippen molar-refractivity contribution in [2.75, 3.05) is 29.0 Å². The predicted octanol–water partition coefficient (Wildman–Crippen LogP) is 3.43. The third-order valence-corrected chi connectivity index (χ3v) is 4.14. The van der Waals surface area contributed by atoms with Gasteiger partial charge in [0, 0.05) is 35.7 Å². The Hall–Kier alpha value is -2.49. The van der Waals surface area contributed by atoms with Gasteiger partial charge < -0.3 is 16.0 Å². The number of hydrogen-bond donors (Lipinski definition) is 2. The molecule has 22 heavy (non-hydrogen) atoms. The fraction of sp³-hybridized carbons (Fsp3) is 0.278. The first-order chi connectivity index (χ1) is 10.6. The summed E-state index contributed by atoms with van der Waals surface area (Å²) in [5.41, 5.74) is 10.1. The first-order valence-electron chi connectivity index (χ1n) is 7.66. The van der Waals surface area contributed by atoms with Crippen molar-refractivity contribution in [3.63, 3.8) is 0 Å². The van der Waals surface area contributed by atoms with Crippen LogP contribution in [0.15, 0.2) is 42.5 Å². The van der Waals surface area contributed by atoms with Gasteiger partial charge in [-0.1, -0.05) is 6.07 Å². The van der Waals surface area contributed by atoms with Gasteiger partial charge in [-0.05, 0) is 61.7 Å². The lowest BCUT2D eigenvalue weighted by Crippen LogP contribution is -2.17. The standard InChI is InChI=1S/C18H21N3O/c1-13-4-5-14(12-17(13)19)18(22)20-15-6-8-16(9-7-15)21-10-2-3-11-21/h4-9,12H,2-3,10-11,19H2,1H3,(H,20,22). The van der Waals surface area contributed by atoms with Crippen molar-refractivity contribution in [1.29, 1.82) is 0 Å². The van der Waals surface area contributed by atoms with Gasteiger partial charge in [0.25, 0.3) is 5.91 Å². The van der Waals surface area contributed by atoms with E-state index in [9.17, 15) is 4.79 Å². The van der Waals surface area contributed by atoms with Crippen LogP contribution in [0.4, 0.5) is 17.1 Å². The van der Waals surface area contributed by atoms with Crippen molar-refractivity contribution in [3.8, 4) is 0 Å². The van der Waals surface area contributed by atoms with E-state index in [0.29, 0.717) is 11.3 Å². The summed E-state index contributed by atoms with van der Waals surface area (Å²) < 4.78 is 0. The fourth-order valence-electron chi connectivity index (χ4n) is 2.72. The molecule has 1 saturated heterocycles. The van der Waals surface area contributed by atoms with E-state index in [0.717, 1.165) is 24.3 Å². The number of rotatable bonds is 3. The Labute approximate surface area is 130 Å². The first kappa shape index (κ1) is 14.4. The number of anilines is 3. The SMILES string of the molecule is Cc1ccc(C(=O)Nc2ccc(N3CCCC3)cc2)cc1N. The van der Waals surface area contributed by atoms with Crippen LogP contribution in [0, 0.1) is 6.92 Å². The monoisotopic (exact) mass is 295 g/mol. The number of hydrogen-bond acceptors (Lipinski definition) is 3. The van der Waals surface area contributed by atoms with Gasteiger partial charge in [-0.2, -0.15) is 0 Å². The maximum Gasteiger partial charge on any atom is 0.255 e. The summed E-state index contributed by atoms with van der Waals surface area (Å²) >= 11 is 0. The van der Waals surface area contributed by atoms with Crippen LogP contribution in [0.1, 0.15) is 28.8 Å². The van der Waals surface area contributed by atoms with Gasteiger partial charge in [-0.15, -0.1) is 0 Å². The lowest BCUT2D eigenvalue weighted by molar-refractivity contribution is 0.102. The van der Waals surface area contributed by atoms with Crippen LogP contribution in [-0.2, 0) is 0 Å². The molecule has 4 nitrogen and oxygen atoms in total. The highest BCUT2D eigenvalue weighted by atomic mass is 16.1. The molecule has 1 heterocycles. The van der Waals surface area contributed by atoms with E-state index >= 15 is 0 Å². The zero-order valence-electron chi connectivity index (χ0n) is 12.8. The number of nitrogens with zero attached hydrogens (tertiary/aromatic N) is 1. The molecule has 0 bridgehead atoms. The third-order valence-electron chi connectivity index (χ3n) is 4.14. The van der Waals surface area contributed by atoms with Gasteiger partial charge in [0.15, 0.2) is 0 Å². The van der Waals surface area contributed by atoms with Crippen LogP contribution in [0.5, 0.6) is 0 Å². The van der Waals surface area contributed by atoms with Crippen molar-refractivity contribution in [2.45, 2.75) is 19.8 Å². The Morgan fingerprint density at radius 3 is 2.41 bits per heavy atom. The minimum absolute atomic E-state index is 0.138. The minimum Gasteiger partial charge on any atom is -0.398 e. The Bertz CT molecular complexity index is 673. The van der Waals surface area contributed by atoms with E-state index in [1.54, 1.807) is 12.1 Å². The molecule has 0 atom stereocenters. The molecule has 3 rings (SSSR count). The Kier molecular flexibility index (Phi) is 4.00. The molecule has 1 amide bonds. The summed E-state index contributed by atoms with van der Waals surface area (Å²) in [7, 11) is 0. The number of benzene rings is 2. The molecular weight excluding hydrogens is 274 g/mol. The van der Waals surface area contributed by atoms with Crippen LogP contribution in [0.25, 0.3) is 0 Å². The number of nitrogen functional groups attached to an aromatic ring is 1. The zero-order valence-corrected chi connectivity index (χ0v) is 12.8. The summed E-state index contributed by atoms with van der Waals surface area (Å²) in [5.74, 6) is -0.138. The van der Waals surface area contributed by atoms with E-state index in [1.165, 1.54) is 18.5 Å². The largest absolute Gasteiger partial charge is 0.398 e. The van der Waals surface area contributed by atoms with Crippen LogP contribution in [0.2, 0.25) is 0 Å². The summed E-state index contributed by atoms with van der Waals surface area (Å²) in [5, 5.41) is 2.91. The Balaban J connectivity index is 1.69. The summed E-state index contributed by atoms with van der Waals surface area (Å²) in [4.78, 5) is 14.6. The number of aryl methyl sites for hydroxylation is 1. The molecule has 0 radical (unpaired) electrons. The number of carbonyl (C=O) groups is 1. The number of amides is 1. The van der Waals surface area contributed by atoms with Gasteiger partial charge in [-0.3, -0.25) is 4.79 Å². The molecule has 2 aromatic rings. The van der Waals surface area contributed by atoms with Gasteiger partial charge >= 0.3 is 0 Å². The normalized spacial score (nSPS) is 14.1. The second-order valence-corrected chi connectivity index (χ2v) is 5.77. The fourth-order valence-corrected chi connectivity index (χ4v) is 2.72. The lowest BCUT2D eigenvalue weighted by Gasteiger charge is -2.17. The van der Waals surface area contributed by atoms with Crippen molar-refractivity contribution in [1.82, 2.24) is 0 Å². The highest BCUT2D eigenvalue weighted by molar-refractivity contribution is 6.04. The van der Waals surface area contributed by atoms with E-state index in [-0.39, 0.29) is 5.91 Å². The van der Waals surface area contributed by atoms with Crippen LogP contribution < -0.4 is 16.0 Å². The van der Waals surface area contributed by atoms with Gasteiger partial charge in [0.2, 0.25) is 0 Å². The molecule has 1 aliphatic rings. The molecule has 1 aliphatic heterocycles. The maximum absolute atomic E-state index is 12.2. The molecular formula is C18H21N3O. The smallest absolute Gasteiger partial charge is 0.255 e. The highest BCUT2D eigenvalue weighted by Crippen LogP contribution is 2.22. The molecule has 0 spiro atoms. The quantitative estimate of drug-likeness (QED) is 0.853. The van der Waals surface area contributed by atoms with Crippen LogP contribution in [0.3, 0.4) is 0 Å². The topological polar surface area (TPSA) is 58.4 Å². The number of nitrogens with one attached hydrogen (secondary N) is 1. The number of carbonyl (C=O) groups excluding carboxylic acids is 1. The van der Waals surface area contributed by atoms with Crippen molar-refractivity contribution in [2.24, 2.45) is 0 Å². The third kappa shape index (κ3) is 3.06. The highest BCUT2D eigenvalue weighted by Gasteiger charge is 2.12. The molecule has 0 saturated carbocycles. The predicted molar refractivity (Wildman–Crippen MR) is 91.4 cm³/mol. The zero-order chi connectivity index (χ0) is 15.5. The van der Waals surface area contributed by atoms with Crippen LogP contribution >= 0.6 is 0 Å². The molecule has 0 aliphatic carbocycles. The van der Waals surface area contributed by atoms with E-state index in [4.69, 9.17) is 5.73 Å². The molecule has 0 unspecified atom stereocenters. The van der Waals surface area contributed by atoms with Gasteiger partial charge in [-0.25, -0.2) is 0 Å². The second kappa shape index (κ2) is 6.10. The van der Waals surface area contributed by atoms with E-state index in [2.05, 4.69) is 22.3 Å². The van der Waals surface area contributed by atoms with Crippen molar-refractivity contribution in [3.05, 3.63) is 53.6 Å².